The van der Waals surface area contributed by atoms with E-state index in [9.17, 15) is 18.0 Å². The van der Waals surface area contributed by atoms with E-state index in [1.807, 2.05) is 0 Å². The van der Waals surface area contributed by atoms with Gasteiger partial charge in [0.2, 0.25) is 15.8 Å². The highest BCUT2D eigenvalue weighted by Crippen LogP contribution is 2.25. The van der Waals surface area contributed by atoms with Crippen molar-refractivity contribution < 1.29 is 18.0 Å². The molecule has 0 bridgehead atoms. The van der Waals surface area contributed by atoms with Crippen molar-refractivity contribution in [2.45, 2.75) is 4.90 Å². The third kappa shape index (κ3) is 1.75. The first-order valence-electron chi connectivity index (χ1n) is 4.54. The molecule has 0 aromatic heterocycles. The predicted molar refractivity (Wildman–Crippen MR) is 58.7 cm³/mol. The second-order valence-corrected chi connectivity index (χ2v) is 5.05. The first-order chi connectivity index (χ1) is 7.82. The van der Waals surface area contributed by atoms with Crippen LogP contribution in [0.2, 0.25) is 0 Å². The highest BCUT2D eigenvalue weighted by molar-refractivity contribution is 7.89. The van der Waals surface area contributed by atoms with E-state index in [0.717, 1.165) is 6.08 Å². The zero-order chi connectivity index (χ0) is 12.8. The van der Waals surface area contributed by atoms with Crippen LogP contribution in [-0.2, 0) is 10.0 Å². The summed E-state index contributed by atoms with van der Waals surface area (Å²) in [6.45, 7) is 0. The minimum Gasteiger partial charge on any atom is -0.395 e. The van der Waals surface area contributed by atoms with E-state index >= 15 is 0 Å². The van der Waals surface area contributed by atoms with Gasteiger partial charge in [0.25, 0.3) is 0 Å². The summed E-state index contributed by atoms with van der Waals surface area (Å²) >= 11 is 0. The zero-order valence-electron chi connectivity index (χ0n) is 8.51. The van der Waals surface area contributed by atoms with Crippen molar-refractivity contribution in [2.24, 2.45) is 10.9 Å². The third-order valence-electron chi connectivity index (χ3n) is 2.37. The van der Waals surface area contributed by atoms with Crippen LogP contribution in [0.1, 0.15) is 20.7 Å². The molecule has 0 heterocycles. The van der Waals surface area contributed by atoms with Gasteiger partial charge in [0.05, 0.1) is 16.2 Å². The Hall–Kier alpha value is -1.99. The fraction of sp³-hybridized carbons (Fsp3) is 0. The van der Waals surface area contributed by atoms with E-state index in [1.54, 1.807) is 0 Å². The number of Topliss-reactive ketones (excluding diaryl/α,β-unsaturated/α-hetero) is 1. The molecular weight excluding hydrogens is 244 g/mol. The highest BCUT2D eigenvalue weighted by Gasteiger charge is 2.29. The average Bonchev–Trinajstić information content (AvgIpc) is 2.24. The lowest BCUT2D eigenvalue weighted by Crippen LogP contribution is -2.25. The van der Waals surface area contributed by atoms with Gasteiger partial charge in [-0.05, 0) is 6.07 Å². The van der Waals surface area contributed by atoms with E-state index in [4.69, 9.17) is 10.9 Å². The Morgan fingerprint density at radius 3 is 2.35 bits per heavy atom. The van der Waals surface area contributed by atoms with Crippen LogP contribution in [0, 0.1) is 0 Å². The number of hydrogen-bond acceptors (Lipinski definition) is 5. The Morgan fingerprint density at radius 2 is 1.76 bits per heavy atom. The van der Waals surface area contributed by atoms with Crippen LogP contribution in [0.5, 0.6) is 0 Å². The standard InChI is InChI=1S/C10H8N2O4S/c11-6-4-7(13)9-5(10(6)14)2-1-3-8(9)17(12,15)16/h1-4H,11H2,(H2,12,15,16). The van der Waals surface area contributed by atoms with Crippen LogP contribution in [-0.4, -0.2) is 20.0 Å². The molecule has 0 fully saturated rings. The number of fused-ring (bicyclic) bond motifs is 1. The monoisotopic (exact) mass is 252 g/mol. The Balaban J connectivity index is 2.84. The molecule has 1 aliphatic rings. The third-order valence-corrected chi connectivity index (χ3v) is 3.33. The molecule has 6 nitrogen and oxygen atoms in total. The number of benzene rings is 1. The van der Waals surface area contributed by atoms with Gasteiger partial charge >= 0.3 is 0 Å². The molecule has 1 aromatic rings. The van der Waals surface area contributed by atoms with Gasteiger partial charge in [-0.15, -0.1) is 0 Å². The first kappa shape index (κ1) is 11.5. The predicted octanol–water partition coefficient (Wildman–Crippen LogP) is -0.444. The average molecular weight is 252 g/mol. The second-order valence-electron chi connectivity index (χ2n) is 3.52. The maximum absolute atomic E-state index is 11.7. The largest absolute Gasteiger partial charge is 0.395 e. The fourth-order valence-electron chi connectivity index (χ4n) is 1.65. The van der Waals surface area contributed by atoms with Gasteiger partial charge in [-0.25, -0.2) is 13.6 Å². The lowest BCUT2D eigenvalue weighted by Gasteiger charge is -2.14. The van der Waals surface area contributed by atoms with Crippen molar-refractivity contribution >= 4 is 21.6 Å². The van der Waals surface area contributed by atoms with Crippen molar-refractivity contribution in [2.75, 3.05) is 0 Å². The summed E-state index contributed by atoms with van der Waals surface area (Å²) in [5, 5.41) is 4.98. The number of carbonyl (C=O) groups excluding carboxylic acids is 2. The molecule has 0 amide bonds. The van der Waals surface area contributed by atoms with Crippen molar-refractivity contribution in [1.82, 2.24) is 0 Å². The van der Waals surface area contributed by atoms with E-state index in [2.05, 4.69) is 0 Å². The first-order valence-corrected chi connectivity index (χ1v) is 6.09. The normalized spacial score (nSPS) is 15.5. The van der Waals surface area contributed by atoms with Crippen molar-refractivity contribution in [3.05, 3.63) is 41.1 Å². The van der Waals surface area contributed by atoms with E-state index in [0.29, 0.717) is 0 Å². The number of nitrogens with two attached hydrogens (primary N) is 2. The topological polar surface area (TPSA) is 120 Å². The van der Waals surface area contributed by atoms with Crippen molar-refractivity contribution in [3.63, 3.8) is 0 Å². The van der Waals surface area contributed by atoms with Gasteiger partial charge in [0.1, 0.15) is 0 Å². The van der Waals surface area contributed by atoms with E-state index < -0.39 is 21.6 Å². The molecule has 0 unspecified atom stereocenters. The van der Waals surface area contributed by atoms with Gasteiger partial charge in [-0.2, -0.15) is 0 Å². The van der Waals surface area contributed by atoms with Crippen molar-refractivity contribution in [3.8, 4) is 0 Å². The number of sulfonamides is 1. The maximum Gasteiger partial charge on any atom is 0.238 e. The molecule has 0 saturated heterocycles. The molecule has 0 atom stereocenters. The van der Waals surface area contributed by atoms with Gasteiger partial charge < -0.3 is 5.73 Å². The SMILES string of the molecule is NC1=CC(=O)c2c(cccc2S(N)(=O)=O)C1=O. The number of rotatable bonds is 1. The van der Waals surface area contributed by atoms with Gasteiger partial charge in [-0.1, -0.05) is 12.1 Å². The fourth-order valence-corrected chi connectivity index (χ4v) is 2.41. The van der Waals surface area contributed by atoms with Crippen LogP contribution in [0.15, 0.2) is 34.9 Å². The molecule has 4 N–H and O–H groups in total. The number of carbonyl (C=O) groups is 2. The molecule has 1 aromatic carbocycles. The Bertz CT molecular complexity index is 674. The summed E-state index contributed by atoms with van der Waals surface area (Å²) in [7, 11) is -4.06. The summed E-state index contributed by atoms with van der Waals surface area (Å²) in [5.74, 6) is -1.22. The maximum atomic E-state index is 11.7. The molecule has 0 radical (unpaired) electrons. The number of ketones is 2. The van der Waals surface area contributed by atoms with Gasteiger partial charge in [-0.3, -0.25) is 9.59 Å². The molecule has 0 saturated carbocycles. The zero-order valence-corrected chi connectivity index (χ0v) is 9.32. The summed E-state index contributed by atoms with van der Waals surface area (Å²) in [6, 6.07) is 3.85. The molecule has 88 valence electrons. The number of primary sulfonamides is 1. The van der Waals surface area contributed by atoms with E-state index in [-0.39, 0.29) is 21.7 Å². The lowest BCUT2D eigenvalue weighted by molar-refractivity contribution is 0.0981. The Kier molecular flexibility index (Phi) is 2.37. The lowest BCUT2D eigenvalue weighted by atomic mass is 9.93. The summed E-state index contributed by atoms with van der Waals surface area (Å²) in [4.78, 5) is 23.0. The molecule has 1 aliphatic carbocycles. The van der Waals surface area contributed by atoms with Crippen LogP contribution in [0.3, 0.4) is 0 Å². The van der Waals surface area contributed by atoms with Crippen LogP contribution in [0.25, 0.3) is 0 Å². The quantitative estimate of drug-likeness (QED) is 0.701. The number of hydrogen-bond donors (Lipinski definition) is 2. The van der Waals surface area contributed by atoms with Crippen LogP contribution in [0.4, 0.5) is 0 Å². The second kappa shape index (κ2) is 3.51. The smallest absolute Gasteiger partial charge is 0.238 e. The highest BCUT2D eigenvalue weighted by atomic mass is 32.2. The van der Waals surface area contributed by atoms with Crippen molar-refractivity contribution in [1.29, 1.82) is 0 Å². The molecule has 0 aliphatic heterocycles. The molecule has 2 rings (SSSR count). The molecule has 0 spiro atoms. The minimum absolute atomic E-state index is 0.0403. The number of allylic oxidation sites excluding steroid dienone is 2. The summed E-state index contributed by atoms with van der Waals surface area (Å²) in [6.07, 6.45) is 0.902. The Morgan fingerprint density at radius 1 is 1.12 bits per heavy atom. The molecule has 7 heteroatoms. The van der Waals surface area contributed by atoms with Gasteiger partial charge in [0, 0.05) is 11.6 Å². The summed E-state index contributed by atoms with van der Waals surface area (Å²) < 4.78 is 22.6. The van der Waals surface area contributed by atoms with Gasteiger partial charge in [0.15, 0.2) is 5.78 Å². The summed E-state index contributed by atoms with van der Waals surface area (Å²) in [5.41, 5.74) is 4.88. The minimum atomic E-state index is -4.06. The van der Waals surface area contributed by atoms with Crippen LogP contribution >= 0.6 is 0 Å². The van der Waals surface area contributed by atoms with E-state index in [1.165, 1.54) is 18.2 Å². The molecular formula is C10H8N2O4S. The Labute approximate surface area is 97.0 Å². The molecule has 17 heavy (non-hydrogen) atoms. The van der Waals surface area contributed by atoms with Crippen LogP contribution < -0.4 is 10.9 Å².